The van der Waals surface area contributed by atoms with Crippen molar-refractivity contribution in [2.24, 2.45) is 0 Å². The van der Waals surface area contributed by atoms with Gasteiger partial charge in [-0.3, -0.25) is 0 Å². The lowest BCUT2D eigenvalue weighted by Crippen LogP contribution is -2.28. The molecule has 0 radical (unpaired) electrons. The minimum atomic E-state index is -0.285. The average Bonchev–Trinajstić information content (AvgIpc) is 2.83. The smallest absolute Gasteiger partial charge is 0.337 e. The number of benzene rings is 2. The number of carbonyl (C=O) groups is 1. The van der Waals surface area contributed by atoms with Crippen LogP contribution >= 0.6 is 0 Å². The molecule has 0 bridgehead atoms. The lowest BCUT2D eigenvalue weighted by molar-refractivity contribution is 0.0600. The molecule has 0 N–H and O–H groups in total. The molecule has 3 rings (SSSR count). The minimum Gasteiger partial charge on any atom is -0.465 e. The molecule has 3 nitrogen and oxygen atoms in total. The maximum absolute atomic E-state index is 11.6. The van der Waals surface area contributed by atoms with Crippen LogP contribution in [0.4, 0.5) is 5.69 Å². The second kappa shape index (κ2) is 5.60. The Kier molecular flexibility index (Phi) is 3.65. The third-order valence-electron chi connectivity index (χ3n) is 4.05. The Labute approximate surface area is 125 Å². The largest absolute Gasteiger partial charge is 0.465 e. The van der Waals surface area contributed by atoms with E-state index < -0.39 is 0 Å². The number of hydrogen-bond acceptors (Lipinski definition) is 3. The normalized spacial score (nSPS) is 16.7. The van der Waals surface area contributed by atoms with Crippen molar-refractivity contribution in [3.8, 4) is 0 Å². The highest BCUT2D eigenvalue weighted by atomic mass is 16.5. The maximum atomic E-state index is 11.6. The third kappa shape index (κ3) is 2.64. The summed E-state index contributed by atoms with van der Waals surface area (Å²) >= 11 is 0. The van der Waals surface area contributed by atoms with Gasteiger partial charge in [-0.15, -0.1) is 0 Å². The van der Waals surface area contributed by atoms with Crippen molar-refractivity contribution in [1.82, 2.24) is 0 Å². The molecule has 0 saturated heterocycles. The zero-order valence-corrected chi connectivity index (χ0v) is 12.4. The first-order chi connectivity index (χ1) is 10.2. The van der Waals surface area contributed by atoms with Crippen LogP contribution in [-0.4, -0.2) is 19.1 Å². The zero-order valence-electron chi connectivity index (χ0n) is 12.4. The monoisotopic (exact) mass is 281 g/mol. The van der Waals surface area contributed by atoms with Gasteiger partial charge in [-0.1, -0.05) is 30.3 Å². The highest BCUT2D eigenvalue weighted by Crippen LogP contribution is 2.33. The van der Waals surface area contributed by atoms with Crippen molar-refractivity contribution >= 4 is 11.7 Å². The van der Waals surface area contributed by atoms with Crippen LogP contribution in [0.15, 0.2) is 48.5 Å². The van der Waals surface area contributed by atoms with E-state index in [1.807, 2.05) is 12.1 Å². The van der Waals surface area contributed by atoms with Gasteiger partial charge >= 0.3 is 5.97 Å². The van der Waals surface area contributed by atoms with Crippen LogP contribution in [0.25, 0.3) is 0 Å². The first-order valence-electron chi connectivity index (χ1n) is 7.21. The molecular formula is C18H19NO2. The summed E-state index contributed by atoms with van der Waals surface area (Å²) in [5, 5.41) is 0. The van der Waals surface area contributed by atoms with Crippen molar-refractivity contribution in [1.29, 1.82) is 0 Å². The summed E-state index contributed by atoms with van der Waals surface area (Å²) in [7, 11) is 1.41. The van der Waals surface area contributed by atoms with Crippen molar-refractivity contribution in [3.05, 3.63) is 65.2 Å². The van der Waals surface area contributed by atoms with Gasteiger partial charge in [0, 0.05) is 18.3 Å². The quantitative estimate of drug-likeness (QED) is 0.807. The number of hydrogen-bond donors (Lipinski definition) is 0. The lowest BCUT2D eigenvalue weighted by atomic mass is 10.1. The fourth-order valence-corrected chi connectivity index (χ4v) is 2.98. The fraction of sp³-hybridized carbons (Fsp3) is 0.278. The molecule has 1 atom stereocenters. The zero-order chi connectivity index (χ0) is 14.8. The van der Waals surface area contributed by atoms with E-state index >= 15 is 0 Å². The number of rotatable bonds is 3. The summed E-state index contributed by atoms with van der Waals surface area (Å²) in [6.07, 6.45) is 1.08. The molecular weight excluding hydrogens is 262 g/mol. The second-order valence-corrected chi connectivity index (χ2v) is 5.50. The molecule has 1 heterocycles. The molecule has 0 aromatic heterocycles. The molecule has 1 aliphatic heterocycles. The number of esters is 1. The number of fused-ring (bicyclic) bond motifs is 1. The van der Waals surface area contributed by atoms with E-state index in [2.05, 4.69) is 42.2 Å². The van der Waals surface area contributed by atoms with Crippen LogP contribution in [-0.2, 0) is 17.7 Å². The molecule has 3 heteroatoms. The van der Waals surface area contributed by atoms with Gasteiger partial charge in [-0.05, 0) is 42.7 Å². The number of para-hydroxylation sites is 1. The van der Waals surface area contributed by atoms with Crippen LogP contribution in [0.5, 0.6) is 0 Å². The van der Waals surface area contributed by atoms with E-state index in [-0.39, 0.29) is 5.97 Å². The minimum absolute atomic E-state index is 0.285. The molecule has 2 aromatic carbocycles. The Morgan fingerprint density at radius 3 is 2.86 bits per heavy atom. The fourth-order valence-electron chi connectivity index (χ4n) is 2.98. The number of anilines is 1. The van der Waals surface area contributed by atoms with Crippen LogP contribution < -0.4 is 4.90 Å². The van der Waals surface area contributed by atoms with Crippen molar-refractivity contribution < 1.29 is 9.53 Å². The van der Waals surface area contributed by atoms with Gasteiger partial charge in [-0.2, -0.15) is 0 Å². The van der Waals surface area contributed by atoms with E-state index in [1.54, 1.807) is 6.07 Å². The number of carbonyl (C=O) groups excluding carboxylic acids is 1. The molecule has 0 amide bonds. The molecule has 2 aromatic rings. The van der Waals surface area contributed by atoms with E-state index in [4.69, 9.17) is 4.74 Å². The van der Waals surface area contributed by atoms with Gasteiger partial charge in [0.2, 0.25) is 0 Å². The summed E-state index contributed by atoms with van der Waals surface area (Å²) in [6.45, 7) is 3.05. The number of ether oxygens (including phenoxy) is 1. The van der Waals surface area contributed by atoms with Crippen LogP contribution in [0.3, 0.4) is 0 Å². The second-order valence-electron chi connectivity index (χ2n) is 5.50. The standard InChI is InChI=1S/C18H19NO2/c1-13-10-15-7-3-4-9-17(15)19(13)12-14-6-5-8-16(11-14)18(20)21-2/h3-9,11,13H,10,12H2,1-2H3. The lowest BCUT2D eigenvalue weighted by Gasteiger charge is -2.25. The Bertz CT molecular complexity index is 666. The topological polar surface area (TPSA) is 29.5 Å². The highest BCUT2D eigenvalue weighted by Gasteiger charge is 2.25. The Morgan fingerprint density at radius 2 is 2.05 bits per heavy atom. The van der Waals surface area contributed by atoms with E-state index in [9.17, 15) is 4.79 Å². The summed E-state index contributed by atoms with van der Waals surface area (Å²) in [5.41, 5.74) is 4.43. The third-order valence-corrected chi connectivity index (χ3v) is 4.05. The number of methoxy groups -OCH3 is 1. The van der Waals surface area contributed by atoms with Gasteiger partial charge in [0.15, 0.2) is 0 Å². The van der Waals surface area contributed by atoms with E-state index in [0.717, 1.165) is 18.5 Å². The van der Waals surface area contributed by atoms with E-state index in [1.165, 1.54) is 18.4 Å². The predicted molar refractivity (Wildman–Crippen MR) is 83.6 cm³/mol. The Balaban J connectivity index is 1.86. The van der Waals surface area contributed by atoms with Gasteiger partial charge < -0.3 is 9.64 Å². The van der Waals surface area contributed by atoms with Crippen molar-refractivity contribution in [2.75, 3.05) is 12.0 Å². The molecule has 0 spiro atoms. The molecule has 1 unspecified atom stereocenters. The van der Waals surface area contributed by atoms with Gasteiger partial charge in [-0.25, -0.2) is 4.79 Å². The van der Waals surface area contributed by atoms with Gasteiger partial charge in [0.25, 0.3) is 0 Å². The van der Waals surface area contributed by atoms with Crippen LogP contribution in [0.2, 0.25) is 0 Å². The molecule has 1 aliphatic rings. The molecule has 21 heavy (non-hydrogen) atoms. The molecule has 0 saturated carbocycles. The Hall–Kier alpha value is -2.29. The van der Waals surface area contributed by atoms with Crippen molar-refractivity contribution in [3.63, 3.8) is 0 Å². The first-order valence-corrected chi connectivity index (χ1v) is 7.21. The summed E-state index contributed by atoms with van der Waals surface area (Å²) < 4.78 is 4.79. The maximum Gasteiger partial charge on any atom is 0.337 e. The van der Waals surface area contributed by atoms with Crippen molar-refractivity contribution in [2.45, 2.75) is 25.9 Å². The first kappa shape index (κ1) is 13.7. The highest BCUT2D eigenvalue weighted by molar-refractivity contribution is 5.89. The number of nitrogens with zero attached hydrogens (tertiary/aromatic N) is 1. The average molecular weight is 281 g/mol. The van der Waals surface area contributed by atoms with Gasteiger partial charge in [0.05, 0.1) is 12.7 Å². The van der Waals surface area contributed by atoms with E-state index in [0.29, 0.717) is 11.6 Å². The SMILES string of the molecule is COC(=O)c1cccc(CN2c3ccccc3CC2C)c1. The molecule has 108 valence electrons. The summed E-state index contributed by atoms with van der Waals surface area (Å²) in [5.74, 6) is -0.285. The predicted octanol–water partition coefficient (Wildman–Crippen LogP) is 3.42. The summed E-state index contributed by atoms with van der Waals surface area (Å²) in [4.78, 5) is 14.0. The molecule has 0 aliphatic carbocycles. The van der Waals surface area contributed by atoms with Crippen LogP contribution in [0.1, 0.15) is 28.4 Å². The van der Waals surface area contributed by atoms with Gasteiger partial charge in [0.1, 0.15) is 0 Å². The van der Waals surface area contributed by atoms with Crippen LogP contribution in [0, 0.1) is 0 Å². The summed E-state index contributed by atoms with van der Waals surface area (Å²) in [6, 6.07) is 16.7. The Morgan fingerprint density at radius 1 is 1.24 bits per heavy atom. The molecule has 0 fully saturated rings.